The maximum atomic E-state index is 6.11. The molecule has 1 nitrogen and oxygen atoms in total. The van der Waals surface area contributed by atoms with Crippen molar-refractivity contribution in [2.45, 2.75) is 38.6 Å². The van der Waals surface area contributed by atoms with Crippen molar-refractivity contribution in [3.8, 4) is 0 Å². The zero-order valence-corrected chi connectivity index (χ0v) is 16.3. The van der Waals surface area contributed by atoms with Gasteiger partial charge in [0, 0.05) is 6.54 Å². The first kappa shape index (κ1) is 19.6. The standard InChI is InChI=1S/C20H23Cl2N.ClH/c1-2-15-4-3-5-18(12-15)17-8-10-23(11-9-17)14-16-6-7-19(21)20(22)13-16;/h3-7,12-13,17H,2,8-11,14H2,1H3;1H. The van der Waals surface area contributed by atoms with E-state index in [1.165, 1.54) is 29.5 Å². The monoisotopic (exact) mass is 383 g/mol. The SMILES string of the molecule is CCc1cccc(C2CCN(Cc3ccc(Cl)c(Cl)c3)CC2)c1.Cl. The number of hydrogen-bond acceptors (Lipinski definition) is 1. The third kappa shape index (κ3) is 4.89. The van der Waals surface area contributed by atoms with Crippen LogP contribution < -0.4 is 0 Å². The topological polar surface area (TPSA) is 3.24 Å². The van der Waals surface area contributed by atoms with Gasteiger partial charge in [0.25, 0.3) is 0 Å². The Labute approximate surface area is 161 Å². The first-order valence-electron chi connectivity index (χ1n) is 8.41. The van der Waals surface area contributed by atoms with E-state index in [4.69, 9.17) is 23.2 Å². The van der Waals surface area contributed by atoms with Crippen molar-refractivity contribution >= 4 is 35.6 Å². The molecule has 1 heterocycles. The number of rotatable bonds is 4. The average Bonchev–Trinajstić information content (AvgIpc) is 2.59. The molecule has 0 amide bonds. The third-order valence-corrected chi connectivity index (χ3v) is 5.55. The Morgan fingerprint density at radius 2 is 1.71 bits per heavy atom. The second-order valence-corrected chi connectivity index (χ2v) is 7.21. The molecule has 0 aromatic heterocycles. The molecular formula is C20H24Cl3N. The van der Waals surface area contributed by atoms with Crippen LogP contribution in [0.15, 0.2) is 42.5 Å². The fourth-order valence-electron chi connectivity index (χ4n) is 3.39. The van der Waals surface area contributed by atoms with Gasteiger partial charge in [0.1, 0.15) is 0 Å². The van der Waals surface area contributed by atoms with Crippen LogP contribution >= 0.6 is 35.6 Å². The fourth-order valence-corrected chi connectivity index (χ4v) is 3.71. The number of benzene rings is 2. The molecule has 0 bridgehead atoms. The molecule has 3 rings (SSSR count). The highest BCUT2D eigenvalue weighted by Crippen LogP contribution is 2.30. The van der Waals surface area contributed by atoms with Gasteiger partial charge in [-0.15, -0.1) is 12.4 Å². The molecule has 0 saturated carbocycles. The van der Waals surface area contributed by atoms with Gasteiger partial charge in [-0.2, -0.15) is 0 Å². The van der Waals surface area contributed by atoms with Crippen LogP contribution in [0, 0.1) is 0 Å². The van der Waals surface area contributed by atoms with Crippen LogP contribution in [-0.4, -0.2) is 18.0 Å². The van der Waals surface area contributed by atoms with Gasteiger partial charge in [-0.25, -0.2) is 0 Å². The van der Waals surface area contributed by atoms with Crippen molar-refractivity contribution in [1.29, 1.82) is 0 Å². The lowest BCUT2D eigenvalue weighted by atomic mass is 9.88. The summed E-state index contributed by atoms with van der Waals surface area (Å²) in [5.74, 6) is 0.701. The number of halogens is 3. The molecule has 0 spiro atoms. The van der Waals surface area contributed by atoms with Crippen LogP contribution in [0.5, 0.6) is 0 Å². The van der Waals surface area contributed by atoms with Crippen LogP contribution in [0.1, 0.15) is 42.4 Å². The van der Waals surface area contributed by atoms with Crippen molar-refractivity contribution in [2.75, 3.05) is 13.1 Å². The van der Waals surface area contributed by atoms with E-state index in [0.717, 1.165) is 26.1 Å². The van der Waals surface area contributed by atoms with E-state index in [1.807, 2.05) is 12.1 Å². The molecule has 1 fully saturated rings. The van der Waals surface area contributed by atoms with E-state index in [1.54, 1.807) is 0 Å². The van der Waals surface area contributed by atoms with Crippen molar-refractivity contribution in [2.24, 2.45) is 0 Å². The molecule has 0 atom stereocenters. The molecule has 1 saturated heterocycles. The van der Waals surface area contributed by atoms with Crippen molar-refractivity contribution in [1.82, 2.24) is 4.90 Å². The lowest BCUT2D eigenvalue weighted by Crippen LogP contribution is -2.32. The second-order valence-electron chi connectivity index (χ2n) is 6.40. The number of likely N-dealkylation sites (tertiary alicyclic amines) is 1. The minimum atomic E-state index is 0. The van der Waals surface area contributed by atoms with Crippen molar-refractivity contribution < 1.29 is 0 Å². The van der Waals surface area contributed by atoms with Crippen LogP contribution in [0.25, 0.3) is 0 Å². The molecule has 130 valence electrons. The minimum absolute atomic E-state index is 0. The molecule has 2 aromatic rings. The molecule has 1 aliphatic rings. The maximum Gasteiger partial charge on any atom is 0.0595 e. The van der Waals surface area contributed by atoms with Gasteiger partial charge < -0.3 is 0 Å². The zero-order valence-electron chi connectivity index (χ0n) is 14.0. The van der Waals surface area contributed by atoms with Crippen molar-refractivity contribution in [3.63, 3.8) is 0 Å². The van der Waals surface area contributed by atoms with Crippen molar-refractivity contribution in [3.05, 3.63) is 69.2 Å². The fraction of sp³-hybridized carbons (Fsp3) is 0.400. The highest BCUT2D eigenvalue weighted by molar-refractivity contribution is 6.42. The van der Waals surface area contributed by atoms with Crippen LogP contribution in [0.2, 0.25) is 10.0 Å². The second kappa shape index (κ2) is 9.10. The third-order valence-electron chi connectivity index (χ3n) is 4.81. The summed E-state index contributed by atoms with van der Waals surface area (Å²) in [4.78, 5) is 2.51. The summed E-state index contributed by atoms with van der Waals surface area (Å²) in [6.45, 7) is 5.46. The van der Waals surface area contributed by atoms with E-state index >= 15 is 0 Å². The highest BCUT2D eigenvalue weighted by atomic mass is 35.5. The minimum Gasteiger partial charge on any atom is -0.299 e. The normalized spacial score (nSPS) is 16.0. The number of piperidine rings is 1. The first-order valence-corrected chi connectivity index (χ1v) is 9.16. The Morgan fingerprint density at radius 3 is 2.38 bits per heavy atom. The predicted octanol–water partition coefficient (Wildman–Crippen LogP) is 6.36. The zero-order chi connectivity index (χ0) is 16.2. The smallest absolute Gasteiger partial charge is 0.0595 e. The number of hydrogen-bond donors (Lipinski definition) is 0. The van der Waals surface area contributed by atoms with Gasteiger partial charge in [-0.05, 0) is 67.1 Å². The summed E-state index contributed by atoms with van der Waals surface area (Å²) >= 11 is 12.1. The molecule has 0 unspecified atom stereocenters. The molecule has 24 heavy (non-hydrogen) atoms. The number of aryl methyl sites for hydroxylation is 1. The molecule has 0 aliphatic carbocycles. The summed E-state index contributed by atoms with van der Waals surface area (Å²) < 4.78 is 0. The van der Waals surface area contributed by atoms with E-state index in [2.05, 4.69) is 42.2 Å². The Balaban J connectivity index is 0.00000208. The van der Waals surface area contributed by atoms with Crippen LogP contribution in [0.3, 0.4) is 0 Å². The Kier molecular flexibility index (Phi) is 7.43. The van der Waals surface area contributed by atoms with Gasteiger partial charge in [0.15, 0.2) is 0 Å². The Morgan fingerprint density at radius 1 is 0.958 bits per heavy atom. The molecule has 2 aromatic carbocycles. The molecule has 1 aliphatic heterocycles. The van der Waals surface area contributed by atoms with E-state index in [9.17, 15) is 0 Å². The summed E-state index contributed by atoms with van der Waals surface area (Å²) in [6, 6.07) is 15.1. The van der Waals surface area contributed by atoms with E-state index in [-0.39, 0.29) is 12.4 Å². The molecule has 0 N–H and O–H groups in total. The van der Waals surface area contributed by atoms with Gasteiger partial charge in [-0.3, -0.25) is 4.90 Å². The highest BCUT2D eigenvalue weighted by Gasteiger charge is 2.20. The number of nitrogens with zero attached hydrogens (tertiary/aromatic N) is 1. The summed E-state index contributed by atoms with van der Waals surface area (Å²) in [7, 11) is 0. The quantitative estimate of drug-likeness (QED) is 0.593. The van der Waals surface area contributed by atoms with Crippen LogP contribution in [0.4, 0.5) is 0 Å². The average molecular weight is 385 g/mol. The maximum absolute atomic E-state index is 6.11. The van der Waals surface area contributed by atoms with E-state index in [0.29, 0.717) is 16.0 Å². The lowest BCUT2D eigenvalue weighted by molar-refractivity contribution is 0.204. The molecule has 4 heteroatoms. The first-order chi connectivity index (χ1) is 11.2. The van der Waals surface area contributed by atoms with Crippen LogP contribution in [-0.2, 0) is 13.0 Å². The Bertz CT molecular complexity index is 664. The van der Waals surface area contributed by atoms with Gasteiger partial charge in [0.2, 0.25) is 0 Å². The van der Waals surface area contributed by atoms with E-state index < -0.39 is 0 Å². The molecule has 0 radical (unpaired) electrons. The Hall–Kier alpha value is -0.730. The summed E-state index contributed by atoms with van der Waals surface area (Å²) in [5, 5.41) is 1.28. The lowest BCUT2D eigenvalue weighted by Gasteiger charge is -2.32. The summed E-state index contributed by atoms with van der Waals surface area (Å²) in [5.41, 5.74) is 4.20. The van der Waals surface area contributed by atoms with Gasteiger partial charge in [0.05, 0.1) is 10.0 Å². The predicted molar refractivity (Wildman–Crippen MR) is 107 cm³/mol. The van der Waals surface area contributed by atoms with Gasteiger partial charge >= 0.3 is 0 Å². The summed E-state index contributed by atoms with van der Waals surface area (Å²) in [6.07, 6.45) is 3.58. The largest absolute Gasteiger partial charge is 0.299 e. The van der Waals surface area contributed by atoms with Gasteiger partial charge in [-0.1, -0.05) is 60.5 Å². The molecular weight excluding hydrogens is 361 g/mol.